The zero-order chi connectivity index (χ0) is 22.1. The van der Waals surface area contributed by atoms with Gasteiger partial charge in [-0.1, -0.05) is 12.1 Å². The number of benzene rings is 1. The highest BCUT2D eigenvalue weighted by atomic mass is 16.5. The number of hydrogen-bond acceptors (Lipinski definition) is 5. The molecule has 0 aliphatic carbocycles. The number of guanidine groups is 1. The second-order valence-corrected chi connectivity index (χ2v) is 7.81. The molecular formula is C23H33N5O3. The molecule has 0 bridgehead atoms. The van der Waals surface area contributed by atoms with Crippen LogP contribution >= 0.6 is 0 Å². The number of carbonyl (C=O) groups excluding carboxylic acids is 1. The molecule has 0 saturated carbocycles. The van der Waals surface area contributed by atoms with Crippen molar-refractivity contribution in [3.63, 3.8) is 0 Å². The SMILES string of the molecule is CN=C(NCc1cccc(OCC(=O)N(C)C)c1)NCC(c1ccco1)N1CCCC1. The van der Waals surface area contributed by atoms with Crippen LogP contribution in [0, 0.1) is 0 Å². The minimum Gasteiger partial charge on any atom is -0.484 e. The summed E-state index contributed by atoms with van der Waals surface area (Å²) in [5, 5.41) is 6.77. The molecule has 0 spiro atoms. The molecule has 168 valence electrons. The van der Waals surface area contributed by atoms with Crippen LogP contribution < -0.4 is 15.4 Å². The van der Waals surface area contributed by atoms with Crippen LogP contribution in [-0.4, -0.2) is 69.1 Å². The summed E-state index contributed by atoms with van der Waals surface area (Å²) < 4.78 is 11.3. The van der Waals surface area contributed by atoms with Crippen molar-refractivity contribution < 1.29 is 13.9 Å². The van der Waals surface area contributed by atoms with Crippen molar-refractivity contribution >= 4 is 11.9 Å². The predicted molar refractivity (Wildman–Crippen MR) is 121 cm³/mol. The zero-order valence-corrected chi connectivity index (χ0v) is 18.6. The van der Waals surface area contributed by atoms with Crippen LogP contribution in [0.5, 0.6) is 5.75 Å². The average Bonchev–Trinajstić information content (AvgIpc) is 3.49. The molecule has 1 aromatic heterocycles. The zero-order valence-electron chi connectivity index (χ0n) is 18.6. The van der Waals surface area contributed by atoms with Crippen LogP contribution in [-0.2, 0) is 11.3 Å². The van der Waals surface area contributed by atoms with Crippen LogP contribution in [0.3, 0.4) is 0 Å². The van der Waals surface area contributed by atoms with Crippen molar-refractivity contribution in [1.82, 2.24) is 20.4 Å². The van der Waals surface area contributed by atoms with Crippen molar-refractivity contribution in [2.75, 3.05) is 47.4 Å². The Hall–Kier alpha value is -3.00. The molecule has 2 heterocycles. The van der Waals surface area contributed by atoms with E-state index in [2.05, 4.69) is 20.5 Å². The maximum Gasteiger partial charge on any atom is 0.259 e. The molecule has 1 fully saturated rings. The monoisotopic (exact) mass is 427 g/mol. The first kappa shape index (κ1) is 22.7. The number of aliphatic imine (C=N–C) groups is 1. The summed E-state index contributed by atoms with van der Waals surface area (Å²) in [5.74, 6) is 2.30. The van der Waals surface area contributed by atoms with E-state index in [0.29, 0.717) is 18.8 Å². The number of amides is 1. The summed E-state index contributed by atoms with van der Waals surface area (Å²) in [6.45, 7) is 3.50. The Kier molecular flexibility index (Phi) is 8.35. The van der Waals surface area contributed by atoms with Crippen molar-refractivity contribution in [3.05, 3.63) is 54.0 Å². The number of nitrogens with zero attached hydrogens (tertiary/aromatic N) is 3. The molecule has 2 aromatic rings. The summed E-state index contributed by atoms with van der Waals surface area (Å²) in [4.78, 5) is 20.0. The average molecular weight is 428 g/mol. The Morgan fingerprint density at radius 2 is 2.03 bits per heavy atom. The van der Waals surface area contributed by atoms with Crippen LogP contribution in [0.2, 0.25) is 0 Å². The van der Waals surface area contributed by atoms with Crippen LogP contribution in [0.4, 0.5) is 0 Å². The lowest BCUT2D eigenvalue weighted by atomic mass is 10.2. The number of hydrogen-bond donors (Lipinski definition) is 2. The quantitative estimate of drug-likeness (QED) is 0.472. The molecular weight excluding hydrogens is 394 g/mol. The van der Waals surface area contributed by atoms with Gasteiger partial charge in [-0.25, -0.2) is 0 Å². The number of likely N-dealkylation sites (tertiary alicyclic amines) is 1. The van der Waals surface area contributed by atoms with E-state index in [1.165, 1.54) is 17.7 Å². The Labute approximate surface area is 184 Å². The van der Waals surface area contributed by atoms with Gasteiger partial charge < -0.3 is 24.7 Å². The number of carbonyl (C=O) groups is 1. The molecule has 1 unspecified atom stereocenters. The number of furan rings is 1. The van der Waals surface area contributed by atoms with Crippen molar-refractivity contribution in [2.45, 2.75) is 25.4 Å². The first-order valence-electron chi connectivity index (χ1n) is 10.7. The van der Waals surface area contributed by atoms with Gasteiger partial charge in [0.05, 0.1) is 12.3 Å². The number of ether oxygens (including phenoxy) is 1. The van der Waals surface area contributed by atoms with Crippen molar-refractivity contribution in [1.29, 1.82) is 0 Å². The maximum atomic E-state index is 11.7. The van der Waals surface area contributed by atoms with E-state index in [1.807, 2.05) is 36.4 Å². The summed E-state index contributed by atoms with van der Waals surface area (Å²) in [5.41, 5.74) is 1.04. The predicted octanol–water partition coefficient (Wildman–Crippen LogP) is 2.25. The third kappa shape index (κ3) is 6.75. The van der Waals surface area contributed by atoms with Crippen LogP contribution in [0.25, 0.3) is 0 Å². The summed E-state index contributed by atoms with van der Waals surface area (Å²) in [6.07, 6.45) is 4.18. The molecule has 1 saturated heterocycles. The molecule has 1 atom stereocenters. The first-order valence-corrected chi connectivity index (χ1v) is 10.7. The molecule has 1 amide bonds. The van der Waals surface area contributed by atoms with Gasteiger partial charge in [0, 0.05) is 34.2 Å². The second kappa shape index (κ2) is 11.4. The fraction of sp³-hybridized carbons (Fsp3) is 0.478. The molecule has 1 aromatic carbocycles. The fourth-order valence-corrected chi connectivity index (χ4v) is 3.56. The molecule has 1 aliphatic rings. The number of likely N-dealkylation sites (N-methyl/N-ethyl adjacent to an activating group) is 1. The minimum atomic E-state index is -0.0720. The van der Waals surface area contributed by atoms with Crippen molar-refractivity contribution in [3.8, 4) is 5.75 Å². The van der Waals surface area contributed by atoms with Gasteiger partial charge in [0.15, 0.2) is 12.6 Å². The Balaban J connectivity index is 1.52. The maximum absolute atomic E-state index is 11.7. The molecule has 1 aliphatic heterocycles. The van der Waals surface area contributed by atoms with Crippen molar-refractivity contribution in [2.24, 2.45) is 4.99 Å². The van der Waals surface area contributed by atoms with Crippen LogP contribution in [0.15, 0.2) is 52.1 Å². The fourth-order valence-electron chi connectivity index (χ4n) is 3.56. The molecule has 31 heavy (non-hydrogen) atoms. The lowest BCUT2D eigenvalue weighted by Crippen LogP contribution is -2.42. The van der Waals surface area contributed by atoms with Gasteiger partial charge in [0.1, 0.15) is 11.5 Å². The van der Waals surface area contributed by atoms with Gasteiger partial charge in [0.2, 0.25) is 0 Å². The molecule has 2 N–H and O–H groups in total. The van der Waals surface area contributed by atoms with E-state index in [4.69, 9.17) is 9.15 Å². The first-order chi connectivity index (χ1) is 15.1. The Morgan fingerprint density at radius 3 is 2.71 bits per heavy atom. The van der Waals surface area contributed by atoms with E-state index < -0.39 is 0 Å². The Morgan fingerprint density at radius 1 is 1.23 bits per heavy atom. The summed E-state index contributed by atoms with van der Waals surface area (Å²) in [6, 6.07) is 11.9. The number of rotatable bonds is 9. The highest BCUT2D eigenvalue weighted by Gasteiger charge is 2.25. The van der Waals surface area contributed by atoms with Gasteiger partial charge in [-0.3, -0.25) is 14.7 Å². The second-order valence-electron chi connectivity index (χ2n) is 7.81. The smallest absolute Gasteiger partial charge is 0.259 e. The highest BCUT2D eigenvalue weighted by molar-refractivity contribution is 5.79. The largest absolute Gasteiger partial charge is 0.484 e. The number of nitrogens with one attached hydrogen (secondary N) is 2. The summed E-state index contributed by atoms with van der Waals surface area (Å²) in [7, 11) is 5.19. The normalized spacial score (nSPS) is 15.5. The third-order valence-corrected chi connectivity index (χ3v) is 5.36. The minimum absolute atomic E-state index is 0.0256. The van der Waals surface area contributed by atoms with Gasteiger partial charge in [-0.05, 0) is 55.8 Å². The van der Waals surface area contributed by atoms with E-state index in [9.17, 15) is 4.79 Å². The molecule has 0 radical (unpaired) electrons. The van der Waals surface area contributed by atoms with E-state index in [-0.39, 0.29) is 18.6 Å². The molecule has 8 heteroatoms. The van der Waals surface area contributed by atoms with E-state index in [1.54, 1.807) is 27.4 Å². The lowest BCUT2D eigenvalue weighted by Gasteiger charge is -2.26. The molecule has 3 rings (SSSR count). The van der Waals surface area contributed by atoms with Crippen LogP contribution in [0.1, 0.15) is 30.2 Å². The van der Waals surface area contributed by atoms with Gasteiger partial charge in [-0.2, -0.15) is 0 Å². The molecule has 8 nitrogen and oxygen atoms in total. The third-order valence-electron chi connectivity index (χ3n) is 5.36. The topological polar surface area (TPSA) is 82.3 Å². The highest BCUT2D eigenvalue weighted by Crippen LogP contribution is 2.24. The van der Waals surface area contributed by atoms with E-state index in [0.717, 1.165) is 30.4 Å². The lowest BCUT2D eigenvalue weighted by molar-refractivity contribution is -0.130. The van der Waals surface area contributed by atoms with E-state index >= 15 is 0 Å². The van der Waals surface area contributed by atoms with Gasteiger partial charge >= 0.3 is 0 Å². The van der Waals surface area contributed by atoms with Gasteiger partial charge in [-0.15, -0.1) is 0 Å². The standard InChI is InChI=1S/C23H33N5O3/c1-24-23(26-16-20(21-10-7-13-30-21)28-11-4-5-12-28)25-15-18-8-6-9-19(14-18)31-17-22(29)27(2)3/h6-10,13-14,20H,4-5,11-12,15-17H2,1-3H3,(H2,24,25,26). The summed E-state index contributed by atoms with van der Waals surface area (Å²) >= 11 is 0. The Bertz CT molecular complexity index is 845. The van der Waals surface area contributed by atoms with Gasteiger partial charge in [0.25, 0.3) is 5.91 Å².